The van der Waals surface area contributed by atoms with E-state index in [1.54, 1.807) is 10.6 Å². The summed E-state index contributed by atoms with van der Waals surface area (Å²) in [6.45, 7) is 16.8. The van der Waals surface area contributed by atoms with Crippen LogP contribution in [0.15, 0.2) is 36.5 Å². The quantitative estimate of drug-likeness (QED) is 0.277. The number of phenolic OH excluding ortho intramolecular Hbond substituents is 1. The van der Waals surface area contributed by atoms with Gasteiger partial charge in [-0.2, -0.15) is 0 Å². The van der Waals surface area contributed by atoms with Crippen LogP contribution >= 0.6 is 0 Å². The maximum absolute atomic E-state index is 9.49. The van der Waals surface area contributed by atoms with Crippen molar-refractivity contribution in [3.05, 3.63) is 63.5 Å². The molecule has 1 aromatic heterocycles. The molecule has 0 aliphatic heterocycles. The first-order valence-electron chi connectivity index (χ1n) is 4.57. The van der Waals surface area contributed by atoms with Gasteiger partial charge in [-0.25, -0.2) is 0 Å². The van der Waals surface area contributed by atoms with Gasteiger partial charge in [0.05, 0.1) is 6.20 Å². The van der Waals surface area contributed by atoms with Gasteiger partial charge in [0, 0.05) is 27.5 Å². The first-order valence-corrected chi connectivity index (χ1v) is 4.57. The van der Waals surface area contributed by atoms with Gasteiger partial charge in [-0.1, -0.05) is 24.3 Å². The number of carbonyl (C=O) groups excluding carboxylic acids is 1. The minimum atomic E-state index is 0. The molecular formula is C14H10NO5Re-. The predicted octanol–water partition coefficient (Wildman–Crippen LogP) is 1.08. The second kappa shape index (κ2) is 20.2. The van der Waals surface area contributed by atoms with Crippen LogP contribution in [0.3, 0.4) is 0 Å². The number of hydrogen-bond donors (Lipinski definition) is 1. The fraction of sp³-hybridized carbons (Fsp3) is 0. The number of para-hydroxylation sites is 1. The third-order valence-corrected chi connectivity index (χ3v) is 1.87. The van der Waals surface area contributed by atoms with E-state index in [1.165, 1.54) is 0 Å². The van der Waals surface area contributed by atoms with Gasteiger partial charge in [0.15, 0.2) is 5.52 Å². The number of phenols is 1. The van der Waals surface area contributed by atoms with Gasteiger partial charge in [-0.05, 0) is 11.5 Å². The minimum Gasteiger partial charge on any atom is -0.545 e. The van der Waals surface area contributed by atoms with E-state index in [2.05, 4.69) is 33.8 Å². The molecule has 2 aromatic rings. The fourth-order valence-electron chi connectivity index (χ4n) is 1.32. The molecule has 7 heteroatoms. The van der Waals surface area contributed by atoms with Crippen LogP contribution < -0.4 is 4.57 Å². The Morgan fingerprint density at radius 3 is 1.86 bits per heavy atom. The average molecular weight is 458 g/mol. The number of aromatic hydroxyl groups is 1. The molecule has 2 rings (SSSR count). The van der Waals surface area contributed by atoms with Crippen LogP contribution in [0, 0.1) is 27.0 Å². The summed E-state index contributed by atoms with van der Waals surface area (Å²) in [5.74, 6) is 0.267. The van der Waals surface area contributed by atoms with Crippen LogP contribution in [0.5, 0.6) is 5.75 Å². The van der Waals surface area contributed by atoms with Crippen molar-refractivity contribution in [2.75, 3.05) is 0 Å². The van der Waals surface area contributed by atoms with Crippen molar-refractivity contribution in [2.45, 2.75) is 0 Å². The Morgan fingerprint density at radius 1 is 1.00 bits per heavy atom. The number of rotatable bonds is 0. The van der Waals surface area contributed by atoms with Gasteiger partial charge in [-0.15, -0.1) is 0 Å². The van der Waals surface area contributed by atoms with Crippen molar-refractivity contribution in [3.8, 4) is 5.75 Å². The molecule has 109 valence electrons. The summed E-state index contributed by atoms with van der Waals surface area (Å²) in [7, 11) is 3.77. The van der Waals surface area contributed by atoms with E-state index >= 15 is 0 Å². The molecule has 0 aliphatic rings. The Kier molecular flexibility index (Phi) is 26.2. The molecule has 0 saturated carbocycles. The molecule has 0 saturated heterocycles. The molecule has 0 atom stereocenters. The van der Waals surface area contributed by atoms with Crippen LogP contribution in [0.1, 0.15) is 0 Å². The molecule has 21 heavy (non-hydrogen) atoms. The van der Waals surface area contributed by atoms with Gasteiger partial charge in [0.25, 0.3) is 0 Å². The molecule has 0 fully saturated rings. The maximum Gasteiger partial charge on any atom is 0.153 e. The van der Waals surface area contributed by atoms with Crippen molar-refractivity contribution in [1.82, 2.24) is 0 Å². The smallest absolute Gasteiger partial charge is 0.153 e. The van der Waals surface area contributed by atoms with E-state index in [1.807, 2.05) is 30.5 Å². The van der Waals surface area contributed by atoms with Gasteiger partial charge in [0.2, 0.25) is 0 Å². The first-order chi connectivity index (χ1) is 9.79. The second-order valence-corrected chi connectivity index (χ2v) is 2.69. The molecule has 0 aliphatic carbocycles. The van der Waals surface area contributed by atoms with Gasteiger partial charge >= 0.3 is 33.9 Å². The molecule has 1 heterocycles. The van der Waals surface area contributed by atoms with E-state index in [9.17, 15) is 5.11 Å². The number of benzene rings is 1. The molecule has 0 bridgehead atoms. The van der Waals surface area contributed by atoms with Crippen LogP contribution in [-0.2, 0) is 39.2 Å². The summed E-state index contributed by atoms with van der Waals surface area (Å²) < 4.78 is 24.2. The van der Waals surface area contributed by atoms with Crippen LogP contribution in [0.25, 0.3) is 10.9 Å². The molecule has 0 unspecified atom stereocenters. The van der Waals surface area contributed by atoms with Crippen LogP contribution in [0.2, 0.25) is 0 Å². The zero-order valence-corrected chi connectivity index (χ0v) is 13.4. The van der Waals surface area contributed by atoms with Crippen LogP contribution in [-0.4, -0.2) is 11.9 Å². The number of nitrogens with zero attached hydrogens (tertiary/aromatic N) is 1. The van der Waals surface area contributed by atoms with Gasteiger partial charge < -0.3 is 14.5 Å². The summed E-state index contributed by atoms with van der Waals surface area (Å²) in [6.07, 6.45) is 1.81. The molecule has 0 amide bonds. The Hall–Kier alpha value is -2.15. The van der Waals surface area contributed by atoms with E-state index in [-0.39, 0.29) is 26.2 Å². The molecule has 0 spiro atoms. The Morgan fingerprint density at radius 2 is 1.43 bits per heavy atom. The van der Waals surface area contributed by atoms with E-state index in [0.717, 1.165) is 10.9 Å². The van der Waals surface area contributed by atoms with E-state index in [4.69, 9.17) is 18.8 Å². The van der Waals surface area contributed by atoms with E-state index < -0.39 is 0 Å². The molecule has 1 N–H and O–H groups in total. The molecular weight excluding hydrogens is 448 g/mol. The average Bonchev–Trinajstić information content (AvgIpc) is 2.55. The SMILES string of the molecule is [C-]#[O+].[C-]#[O+].[C-]#[O+].[CH-]=O.[CH2-][n+]1cccc2cccc(O)c21.[Re]. The normalized spacial score (nSPS) is 6.38. The largest absolute Gasteiger partial charge is 0.545 e. The Labute approximate surface area is 136 Å². The van der Waals surface area contributed by atoms with Crippen molar-refractivity contribution in [1.29, 1.82) is 0 Å². The fourth-order valence-corrected chi connectivity index (χ4v) is 1.32. The summed E-state index contributed by atoms with van der Waals surface area (Å²) >= 11 is 0. The molecule has 1 radical (unpaired) electrons. The van der Waals surface area contributed by atoms with E-state index in [0.29, 0.717) is 0 Å². The second-order valence-electron chi connectivity index (χ2n) is 2.69. The van der Waals surface area contributed by atoms with Crippen molar-refractivity contribution >= 4 is 17.7 Å². The third kappa shape index (κ3) is 9.39. The third-order valence-electron chi connectivity index (χ3n) is 1.87. The van der Waals surface area contributed by atoms with Crippen molar-refractivity contribution in [2.24, 2.45) is 0 Å². The Balaban J connectivity index is -0.000000141. The number of pyridine rings is 1. The number of aromatic nitrogens is 1. The van der Waals surface area contributed by atoms with Gasteiger partial charge in [-0.3, -0.25) is 6.79 Å². The predicted molar refractivity (Wildman–Crippen MR) is 65.1 cm³/mol. The van der Waals surface area contributed by atoms with Crippen LogP contribution in [0.4, 0.5) is 0 Å². The van der Waals surface area contributed by atoms with Gasteiger partial charge in [0.1, 0.15) is 5.75 Å². The maximum atomic E-state index is 9.49. The Bertz CT molecular complexity index is 515. The van der Waals surface area contributed by atoms with Crippen molar-refractivity contribution < 1.29 is 48.8 Å². The first kappa shape index (κ1) is 27.2. The summed E-state index contributed by atoms with van der Waals surface area (Å²) in [6, 6.07) is 9.25. The molecule has 6 nitrogen and oxygen atoms in total. The summed E-state index contributed by atoms with van der Waals surface area (Å²) in [5.41, 5.74) is 0.764. The minimum absolute atomic E-state index is 0. The number of fused-ring (bicyclic) bond motifs is 1. The number of hydrogen-bond acceptors (Lipinski definition) is 2. The van der Waals surface area contributed by atoms with Crippen molar-refractivity contribution in [3.63, 3.8) is 0 Å². The summed E-state index contributed by atoms with van der Waals surface area (Å²) in [4.78, 5) is 7.75. The topological polar surface area (TPSA) is 101 Å². The molecule has 1 aromatic carbocycles. The zero-order chi connectivity index (χ0) is 16.6. The summed E-state index contributed by atoms with van der Waals surface area (Å²) in [5, 5.41) is 10.5. The zero-order valence-electron chi connectivity index (χ0n) is 10.7. The standard InChI is InChI=1S/C10H9NO.CHO.3CO.Re/c1-11-7-3-5-8-4-2-6-9(12)10(8)11;4*1-2;/h2-7,12H,1H2;1H;;;;/q;-1;;;;. The monoisotopic (exact) mass is 459 g/mol.